The predicted molar refractivity (Wildman–Crippen MR) is 110 cm³/mol. The molecule has 1 aliphatic carbocycles. The van der Waals surface area contributed by atoms with E-state index >= 15 is 0 Å². The smallest absolute Gasteiger partial charge is 0.241 e. The standard InChI is InChI=1S/C21H25F2N7O/c1-11-12(2)26-20-18(25-11)17(13-6-14(7-13)19(22)23)27-21(28-20)30-4-5-31-16(10-30)15-8-24-29(3)9-15/h8-9,13-14,16,19H,4-7,10H2,1-3H3/t13-,14-,16-/m0/s1. The molecule has 0 N–H and O–H groups in total. The number of aryl methyl sites for hydroxylation is 3. The van der Waals surface area contributed by atoms with Gasteiger partial charge in [-0.15, -0.1) is 0 Å². The van der Waals surface area contributed by atoms with Crippen molar-refractivity contribution in [2.75, 3.05) is 24.6 Å². The third-order valence-electron chi connectivity index (χ3n) is 6.32. The molecule has 1 saturated carbocycles. The van der Waals surface area contributed by atoms with Gasteiger partial charge in [-0.1, -0.05) is 0 Å². The number of hydrogen-bond donors (Lipinski definition) is 0. The Bertz CT molecular complexity index is 1110. The van der Waals surface area contributed by atoms with Crippen molar-refractivity contribution in [3.8, 4) is 0 Å². The van der Waals surface area contributed by atoms with Gasteiger partial charge in [-0.2, -0.15) is 10.1 Å². The van der Waals surface area contributed by atoms with Crippen molar-refractivity contribution in [1.82, 2.24) is 29.7 Å². The van der Waals surface area contributed by atoms with Gasteiger partial charge in [-0.25, -0.2) is 23.7 Å². The first-order valence-electron chi connectivity index (χ1n) is 10.5. The van der Waals surface area contributed by atoms with Crippen molar-refractivity contribution < 1.29 is 13.5 Å². The summed E-state index contributed by atoms with van der Waals surface area (Å²) in [5.74, 6) is -0.0659. The Balaban J connectivity index is 1.50. The fraction of sp³-hybridized carbons (Fsp3) is 0.571. The number of morpholine rings is 1. The highest BCUT2D eigenvalue weighted by Gasteiger charge is 2.39. The molecule has 0 bridgehead atoms. The molecule has 0 amide bonds. The molecule has 10 heteroatoms. The Morgan fingerprint density at radius 2 is 1.87 bits per heavy atom. The van der Waals surface area contributed by atoms with Gasteiger partial charge in [0.15, 0.2) is 5.65 Å². The highest BCUT2D eigenvalue weighted by molar-refractivity contribution is 5.75. The van der Waals surface area contributed by atoms with Crippen LogP contribution in [-0.2, 0) is 11.8 Å². The monoisotopic (exact) mass is 429 g/mol. The van der Waals surface area contributed by atoms with E-state index in [-0.39, 0.29) is 12.0 Å². The van der Waals surface area contributed by atoms with Gasteiger partial charge in [-0.3, -0.25) is 4.68 Å². The minimum absolute atomic E-state index is 0.0465. The molecule has 5 rings (SSSR count). The Labute approximate surface area is 178 Å². The first-order valence-corrected chi connectivity index (χ1v) is 10.5. The summed E-state index contributed by atoms with van der Waals surface area (Å²) in [6.45, 7) is 5.55. The molecule has 3 aromatic rings. The molecule has 1 atom stereocenters. The second kappa shape index (κ2) is 7.74. The van der Waals surface area contributed by atoms with Crippen molar-refractivity contribution in [1.29, 1.82) is 0 Å². The minimum atomic E-state index is -2.29. The highest BCUT2D eigenvalue weighted by atomic mass is 19.3. The molecule has 164 valence electrons. The third kappa shape index (κ3) is 3.73. The van der Waals surface area contributed by atoms with Gasteiger partial charge in [0.05, 0.1) is 36.4 Å². The zero-order valence-corrected chi connectivity index (χ0v) is 17.8. The molecule has 0 radical (unpaired) electrons. The summed E-state index contributed by atoms with van der Waals surface area (Å²) in [5, 5.41) is 4.23. The number of hydrogen-bond acceptors (Lipinski definition) is 7. The van der Waals surface area contributed by atoms with Crippen LogP contribution in [0.2, 0.25) is 0 Å². The van der Waals surface area contributed by atoms with Crippen molar-refractivity contribution in [3.63, 3.8) is 0 Å². The molecule has 1 saturated heterocycles. The van der Waals surface area contributed by atoms with E-state index in [1.807, 2.05) is 27.1 Å². The van der Waals surface area contributed by atoms with Gasteiger partial charge in [0.25, 0.3) is 0 Å². The zero-order chi connectivity index (χ0) is 21.7. The second-order valence-electron chi connectivity index (χ2n) is 8.49. The molecule has 1 aliphatic heterocycles. The Morgan fingerprint density at radius 3 is 2.58 bits per heavy atom. The lowest BCUT2D eigenvalue weighted by Gasteiger charge is -2.36. The predicted octanol–water partition coefficient (Wildman–Crippen LogP) is 3.11. The van der Waals surface area contributed by atoms with Crippen LogP contribution >= 0.6 is 0 Å². The van der Waals surface area contributed by atoms with E-state index < -0.39 is 12.3 Å². The van der Waals surface area contributed by atoms with E-state index in [1.165, 1.54) is 0 Å². The average Bonchev–Trinajstić information content (AvgIpc) is 3.14. The lowest BCUT2D eigenvalue weighted by atomic mass is 9.73. The van der Waals surface area contributed by atoms with Crippen LogP contribution in [0.1, 0.15) is 47.5 Å². The largest absolute Gasteiger partial charge is 0.370 e. The average molecular weight is 429 g/mol. The minimum Gasteiger partial charge on any atom is -0.370 e. The third-order valence-corrected chi connectivity index (χ3v) is 6.32. The summed E-state index contributed by atoms with van der Waals surface area (Å²) in [6.07, 6.45) is 2.15. The van der Waals surface area contributed by atoms with E-state index in [0.29, 0.717) is 49.7 Å². The molecule has 2 fully saturated rings. The first kappa shape index (κ1) is 20.2. The van der Waals surface area contributed by atoms with E-state index in [1.54, 1.807) is 10.9 Å². The summed E-state index contributed by atoms with van der Waals surface area (Å²) in [5.41, 5.74) is 4.49. The molecular formula is C21H25F2N7O. The van der Waals surface area contributed by atoms with Gasteiger partial charge in [0.1, 0.15) is 11.6 Å². The second-order valence-corrected chi connectivity index (χ2v) is 8.49. The van der Waals surface area contributed by atoms with Crippen LogP contribution < -0.4 is 4.90 Å². The quantitative estimate of drug-likeness (QED) is 0.630. The van der Waals surface area contributed by atoms with Crippen LogP contribution in [0.25, 0.3) is 11.2 Å². The highest BCUT2D eigenvalue weighted by Crippen LogP contribution is 2.45. The van der Waals surface area contributed by atoms with Crippen LogP contribution in [0.5, 0.6) is 0 Å². The van der Waals surface area contributed by atoms with Gasteiger partial charge >= 0.3 is 0 Å². The number of ether oxygens (including phenoxy) is 1. The van der Waals surface area contributed by atoms with Crippen molar-refractivity contribution >= 4 is 17.1 Å². The topological polar surface area (TPSA) is 81.9 Å². The number of halogens is 2. The Morgan fingerprint density at radius 1 is 1.10 bits per heavy atom. The lowest BCUT2D eigenvalue weighted by Crippen LogP contribution is -2.39. The molecule has 4 heterocycles. The van der Waals surface area contributed by atoms with Crippen molar-refractivity contribution in [3.05, 3.63) is 35.0 Å². The Hall–Kier alpha value is -2.75. The SMILES string of the molecule is Cc1nc2nc(N3CCO[C@H](c4cnn(C)c4)C3)nc([C@H]3C[C@H](C(F)F)C3)c2nc1C. The molecule has 0 aromatic carbocycles. The summed E-state index contributed by atoms with van der Waals surface area (Å²) < 4.78 is 33.9. The number of aromatic nitrogens is 6. The fourth-order valence-corrected chi connectivity index (χ4v) is 4.28. The van der Waals surface area contributed by atoms with E-state index in [0.717, 1.165) is 22.6 Å². The number of rotatable bonds is 4. The number of fused-ring (bicyclic) bond motifs is 1. The number of anilines is 1. The summed E-state index contributed by atoms with van der Waals surface area (Å²) in [4.78, 5) is 20.9. The maximum absolute atomic E-state index is 13.1. The molecular weight excluding hydrogens is 404 g/mol. The molecule has 0 unspecified atom stereocenters. The summed E-state index contributed by atoms with van der Waals surface area (Å²) in [6, 6.07) is 0. The first-order chi connectivity index (χ1) is 14.9. The van der Waals surface area contributed by atoms with Gasteiger partial charge in [0.2, 0.25) is 12.4 Å². The summed E-state index contributed by atoms with van der Waals surface area (Å²) in [7, 11) is 1.87. The number of nitrogens with zero attached hydrogens (tertiary/aromatic N) is 7. The van der Waals surface area contributed by atoms with Crippen LogP contribution in [0.3, 0.4) is 0 Å². The molecule has 3 aromatic heterocycles. The summed E-state index contributed by atoms with van der Waals surface area (Å²) >= 11 is 0. The molecule has 31 heavy (non-hydrogen) atoms. The molecule has 8 nitrogen and oxygen atoms in total. The maximum Gasteiger partial charge on any atom is 0.241 e. The van der Waals surface area contributed by atoms with Crippen molar-refractivity contribution in [2.24, 2.45) is 13.0 Å². The molecule has 2 aliphatic rings. The van der Waals surface area contributed by atoms with Crippen LogP contribution in [0, 0.1) is 19.8 Å². The molecule has 0 spiro atoms. The fourth-order valence-electron chi connectivity index (χ4n) is 4.28. The van der Waals surface area contributed by atoms with Crippen LogP contribution in [0.15, 0.2) is 12.4 Å². The van der Waals surface area contributed by atoms with Gasteiger partial charge in [-0.05, 0) is 26.7 Å². The van der Waals surface area contributed by atoms with E-state index in [9.17, 15) is 8.78 Å². The van der Waals surface area contributed by atoms with Crippen molar-refractivity contribution in [2.45, 2.75) is 45.1 Å². The van der Waals surface area contributed by atoms with Crippen LogP contribution in [-0.4, -0.2) is 55.8 Å². The Kier molecular flexibility index (Phi) is 5.04. The normalized spacial score (nSPS) is 24.1. The lowest BCUT2D eigenvalue weighted by molar-refractivity contribution is 0.0220. The van der Waals surface area contributed by atoms with E-state index in [2.05, 4.69) is 20.0 Å². The van der Waals surface area contributed by atoms with E-state index in [4.69, 9.17) is 14.7 Å². The van der Waals surface area contributed by atoms with Crippen LogP contribution in [0.4, 0.5) is 14.7 Å². The maximum atomic E-state index is 13.1. The number of alkyl halides is 2. The zero-order valence-electron chi connectivity index (χ0n) is 17.8. The van der Waals surface area contributed by atoms with Gasteiger partial charge in [0, 0.05) is 37.2 Å². The van der Waals surface area contributed by atoms with Gasteiger partial charge < -0.3 is 9.64 Å².